The van der Waals surface area contributed by atoms with Gasteiger partial charge in [0.05, 0.1) is 11.6 Å². The van der Waals surface area contributed by atoms with E-state index in [1.54, 1.807) is 12.1 Å². The van der Waals surface area contributed by atoms with Gasteiger partial charge in [0.1, 0.15) is 0 Å². The van der Waals surface area contributed by atoms with Crippen molar-refractivity contribution < 1.29 is 8.78 Å². The highest BCUT2D eigenvalue weighted by Crippen LogP contribution is 2.24. The zero-order valence-electron chi connectivity index (χ0n) is 6.60. The smallest absolute Gasteiger partial charge is 0.205 e. The molecule has 0 radical (unpaired) electrons. The van der Waals surface area contributed by atoms with Crippen LogP contribution in [0.3, 0.4) is 0 Å². The van der Waals surface area contributed by atoms with E-state index in [0.29, 0.717) is 5.33 Å². The molecule has 0 aliphatic rings. The molecule has 68 valence electrons. The Bertz CT molecular complexity index is 344. The quantitative estimate of drug-likeness (QED) is 0.733. The van der Waals surface area contributed by atoms with Gasteiger partial charge in [0.25, 0.3) is 6.43 Å². The summed E-state index contributed by atoms with van der Waals surface area (Å²) in [4.78, 5) is 0. The highest BCUT2D eigenvalue weighted by atomic mass is 79.9. The van der Waals surface area contributed by atoms with Crippen LogP contribution in [0.2, 0.25) is 0 Å². The molecule has 0 bridgehead atoms. The topological polar surface area (TPSA) is 23.8 Å². The van der Waals surface area contributed by atoms with Crippen LogP contribution in [0.5, 0.6) is 0 Å². The molecule has 0 aromatic heterocycles. The summed E-state index contributed by atoms with van der Waals surface area (Å²) >= 11 is 3.16. The van der Waals surface area contributed by atoms with Crippen molar-refractivity contribution in [3.63, 3.8) is 0 Å². The third-order valence-corrected chi connectivity index (χ3v) is 2.27. The summed E-state index contributed by atoms with van der Waals surface area (Å²) in [6.07, 6.45) is -2.59. The van der Waals surface area contributed by atoms with Gasteiger partial charge in [-0.15, -0.1) is 0 Å². The van der Waals surface area contributed by atoms with Crippen LogP contribution >= 0.6 is 15.9 Å². The second kappa shape index (κ2) is 4.33. The van der Waals surface area contributed by atoms with Crippen molar-refractivity contribution in [1.82, 2.24) is 0 Å². The minimum Gasteiger partial charge on any atom is -0.205 e. The molecule has 0 spiro atoms. The summed E-state index contributed by atoms with van der Waals surface area (Å²) in [6.45, 7) is 0. The first-order valence-corrected chi connectivity index (χ1v) is 4.68. The van der Waals surface area contributed by atoms with Gasteiger partial charge in [0.2, 0.25) is 0 Å². The van der Waals surface area contributed by atoms with E-state index in [4.69, 9.17) is 5.26 Å². The number of nitrogens with zero attached hydrogens (tertiary/aromatic N) is 1. The molecule has 0 saturated heterocycles. The van der Waals surface area contributed by atoms with Gasteiger partial charge in [0, 0.05) is 10.9 Å². The van der Waals surface area contributed by atoms with Gasteiger partial charge >= 0.3 is 0 Å². The molecule has 0 N–H and O–H groups in total. The van der Waals surface area contributed by atoms with E-state index in [2.05, 4.69) is 15.9 Å². The number of halogens is 3. The second-order valence-corrected chi connectivity index (χ2v) is 3.03. The molecule has 13 heavy (non-hydrogen) atoms. The Morgan fingerprint density at radius 2 is 2.15 bits per heavy atom. The number of nitriles is 1. The molecular weight excluding hydrogens is 240 g/mol. The minimum absolute atomic E-state index is 0.0414. The molecule has 0 saturated carbocycles. The first-order chi connectivity index (χ1) is 6.19. The van der Waals surface area contributed by atoms with Crippen LogP contribution in [0.4, 0.5) is 8.78 Å². The van der Waals surface area contributed by atoms with Crippen molar-refractivity contribution in [3.8, 4) is 6.07 Å². The molecular formula is C9H6BrF2N. The maximum Gasteiger partial charge on any atom is 0.265 e. The van der Waals surface area contributed by atoms with Gasteiger partial charge in [0.15, 0.2) is 0 Å². The van der Waals surface area contributed by atoms with Crippen LogP contribution in [0.15, 0.2) is 18.2 Å². The Balaban J connectivity index is 3.20. The lowest BCUT2D eigenvalue weighted by molar-refractivity contribution is 0.151. The molecule has 0 fully saturated rings. The molecule has 0 heterocycles. The van der Waals surface area contributed by atoms with Gasteiger partial charge in [-0.1, -0.05) is 22.0 Å². The SMILES string of the molecule is N#Cc1ccc(CBr)cc1C(F)F. The summed E-state index contributed by atoms with van der Waals surface area (Å²) in [5.74, 6) is 0. The lowest BCUT2D eigenvalue weighted by Crippen LogP contribution is -1.92. The maximum atomic E-state index is 12.4. The van der Waals surface area contributed by atoms with Gasteiger partial charge in [-0.2, -0.15) is 5.26 Å². The highest BCUT2D eigenvalue weighted by molar-refractivity contribution is 9.08. The molecule has 1 rings (SSSR count). The van der Waals surface area contributed by atoms with Crippen molar-refractivity contribution in [2.24, 2.45) is 0 Å². The predicted molar refractivity (Wildman–Crippen MR) is 48.7 cm³/mol. The first-order valence-electron chi connectivity index (χ1n) is 3.56. The normalized spacial score (nSPS) is 10.1. The van der Waals surface area contributed by atoms with E-state index in [1.807, 2.05) is 0 Å². The van der Waals surface area contributed by atoms with Crippen LogP contribution < -0.4 is 0 Å². The average Bonchev–Trinajstić information content (AvgIpc) is 2.16. The van der Waals surface area contributed by atoms with Gasteiger partial charge < -0.3 is 0 Å². The molecule has 0 aliphatic heterocycles. The van der Waals surface area contributed by atoms with Crippen molar-refractivity contribution in [2.75, 3.05) is 0 Å². The van der Waals surface area contributed by atoms with Crippen LogP contribution in [-0.2, 0) is 5.33 Å². The lowest BCUT2D eigenvalue weighted by atomic mass is 10.1. The van der Waals surface area contributed by atoms with E-state index in [-0.39, 0.29) is 11.1 Å². The lowest BCUT2D eigenvalue weighted by Gasteiger charge is -2.03. The van der Waals surface area contributed by atoms with Crippen LogP contribution in [0.1, 0.15) is 23.1 Å². The van der Waals surface area contributed by atoms with E-state index < -0.39 is 6.43 Å². The zero-order chi connectivity index (χ0) is 9.84. The Morgan fingerprint density at radius 3 is 2.62 bits per heavy atom. The maximum absolute atomic E-state index is 12.4. The van der Waals surface area contributed by atoms with E-state index in [9.17, 15) is 8.78 Å². The number of alkyl halides is 3. The fourth-order valence-electron chi connectivity index (χ4n) is 0.978. The fourth-order valence-corrected chi connectivity index (χ4v) is 1.33. The Kier molecular flexibility index (Phi) is 3.38. The van der Waals surface area contributed by atoms with Crippen molar-refractivity contribution in [2.45, 2.75) is 11.8 Å². The molecule has 0 amide bonds. The number of rotatable bonds is 2. The fraction of sp³-hybridized carbons (Fsp3) is 0.222. The Hall–Kier alpha value is -0.950. The predicted octanol–water partition coefficient (Wildman–Crippen LogP) is 3.39. The van der Waals surface area contributed by atoms with Crippen molar-refractivity contribution >= 4 is 15.9 Å². The molecule has 1 nitrogen and oxygen atoms in total. The molecule has 0 unspecified atom stereocenters. The summed E-state index contributed by atoms with van der Waals surface area (Å²) < 4.78 is 24.7. The van der Waals surface area contributed by atoms with E-state index >= 15 is 0 Å². The summed E-state index contributed by atoms with van der Waals surface area (Å²) in [7, 11) is 0. The third kappa shape index (κ3) is 2.25. The van der Waals surface area contributed by atoms with Crippen molar-refractivity contribution in [1.29, 1.82) is 5.26 Å². The third-order valence-electron chi connectivity index (χ3n) is 1.63. The van der Waals surface area contributed by atoms with Gasteiger partial charge in [-0.25, -0.2) is 8.78 Å². The molecule has 4 heteroatoms. The molecule has 1 aromatic carbocycles. The van der Waals surface area contributed by atoms with Crippen LogP contribution in [-0.4, -0.2) is 0 Å². The summed E-state index contributed by atoms with van der Waals surface area (Å²) in [6, 6.07) is 6.14. The highest BCUT2D eigenvalue weighted by Gasteiger charge is 2.12. The summed E-state index contributed by atoms with van der Waals surface area (Å²) in [5, 5.41) is 9.05. The van der Waals surface area contributed by atoms with Crippen LogP contribution in [0, 0.1) is 11.3 Å². The van der Waals surface area contributed by atoms with Gasteiger partial charge in [-0.3, -0.25) is 0 Å². The minimum atomic E-state index is -2.59. The van der Waals surface area contributed by atoms with Gasteiger partial charge in [-0.05, 0) is 17.7 Å². The second-order valence-electron chi connectivity index (χ2n) is 2.47. The first kappa shape index (κ1) is 10.1. The van der Waals surface area contributed by atoms with E-state index in [1.165, 1.54) is 12.1 Å². The van der Waals surface area contributed by atoms with Crippen LogP contribution in [0.25, 0.3) is 0 Å². The zero-order valence-corrected chi connectivity index (χ0v) is 8.18. The average molecular weight is 246 g/mol. The molecule has 0 atom stereocenters. The Morgan fingerprint density at radius 1 is 1.46 bits per heavy atom. The molecule has 0 aliphatic carbocycles. The van der Waals surface area contributed by atoms with E-state index in [0.717, 1.165) is 5.56 Å². The Labute approximate surface area is 83.1 Å². The standard InChI is InChI=1S/C9H6BrF2N/c10-4-6-1-2-7(5-13)8(3-6)9(11)12/h1-3,9H,4H2. The number of benzene rings is 1. The summed E-state index contributed by atoms with van der Waals surface area (Å²) in [5.41, 5.74) is 0.591. The van der Waals surface area contributed by atoms with Crippen molar-refractivity contribution in [3.05, 3.63) is 34.9 Å². The largest absolute Gasteiger partial charge is 0.265 e. The monoisotopic (exact) mass is 245 g/mol. The number of hydrogen-bond acceptors (Lipinski definition) is 1. The molecule has 1 aromatic rings. The number of hydrogen-bond donors (Lipinski definition) is 0.